The summed E-state index contributed by atoms with van der Waals surface area (Å²) in [6, 6.07) is 11.9. The van der Waals surface area contributed by atoms with Crippen molar-refractivity contribution in [2.24, 2.45) is 5.73 Å². The summed E-state index contributed by atoms with van der Waals surface area (Å²) < 4.78 is 1.80. The number of nitrogens with zero attached hydrogens (tertiary/aromatic N) is 6. The van der Waals surface area contributed by atoms with Crippen molar-refractivity contribution in [3.8, 4) is 0 Å². The fourth-order valence-electron chi connectivity index (χ4n) is 5.82. The fraction of sp³-hybridized carbons (Fsp3) is 0.500. The van der Waals surface area contributed by atoms with Gasteiger partial charge in [0.15, 0.2) is 5.65 Å². The Bertz CT molecular complexity index is 1300. The lowest BCUT2D eigenvalue weighted by Crippen LogP contribution is -2.53. The van der Waals surface area contributed by atoms with Crippen LogP contribution < -0.4 is 10.6 Å². The van der Waals surface area contributed by atoms with E-state index in [9.17, 15) is 9.59 Å². The van der Waals surface area contributed by atoms with E-state index >= 15 is 0 Å². The van der Waals surface area contributed by atoms with Crippen molar-refractivity contribution >= 4 is 23.3 Å². The van der Waals surface area contributed by atoms with Crippen LogP contribution in [0.25, 0.3) is 5.65 Å². The van der Waals surface area contributed by atoms with Crippen LogP contribution in [-0.2, 0) is 15.0 Å². The van der Waals surface area contributed by atoms with E-state index in [2.05, 4.69) is 4.90 Å². The molecule has 2 amide bonds. The lowest BCUT2D eigenvalue weighted by atomic mass is 9.71. The summed E-state index contributed by atoms with van der Waals surface area (Å²) in [5, 5.41) is 4.80. The maximum atomic E-state index is 14.2. The molecule has 2 atom stereocenters. The van der Waals surface area contributed by atoms with E-state index in [1.165, 1.54) is 0 Å². The highest BCUT2D eigenvalue weighted by atomic mass is 16.2. The van der Waals surface area contributed by atoms with Gasteiger partial charge >= 0.3 is 0 Å². The summed E-state index contributed by atoms with van der Waals surface area (Å²) in [7, 11) is 1.86. The number of likely N-dealkylation sites (N-methyl/N-ethyl adjacent to an activating group) is 1. The van der Waals surface area contributed by atoms with Gasteiger partial charge < -0.3 is 20.4 Å². The highest BCUT2D eigenvalue weighted by Crippen LogP contribution is 2.39. The van der Waals surface area contributed by atoms with E-state index in [4.69, 9.17) is 15.8 Å². The van der Waals surface area contributed by atoms with Crippen LogP contribution in [0.3, 0.4) is 0 Å². The lowest BCUT2D eigenvalue weighted by Gasteiger charge is -2.43. The highest BCUT2D eigenvalue weighted by molar-refractivity contribution is 5.89. The van der Waals surface area contributed by atoms with Crippen LogP contribution in [0.4, 0.5) is 5.82 Å². The van der Waals surface area contributed by atoms with Crippen molar-refractivity contribution in [3.05, 3.63) is 59.4 Å². The number of fused-ring (bicyclic) bond motifs is 1. The summed E-state index contributed by atoms with van der Waals surface area (Å²) in [6.45, 7) is 8.49. The molecule has 0 spiro atoms. The van der Waals surface area contributed by atoms with E-state index in [-0.39, 0.29) is 23.9 Å². The minimum absolute atomic E-state index is 0.0543. The van der Waals surface area contributed by atoms with Crippen LogP contribution in [0, 0.1) is 6.92 Å². The predicted molar refractivity (Wildman–Crippen MR) is 143 cm³/mol. The second-order valence-corrected chi connectivity index (χ2v) is 10.7. The van der Waals surface area contributed by atoms with Crippen molar-refractivity contribution in [2.75, 3.05) is 38.1 Å². The van der Waals surface area contributed by atoms with Gasteiger partial charge in [-0.3, -0.25) is 9.59 Å². The Hall–Kier alpha value is -3.46. The Morgan fingerprint density at radius 3 is 2.49 bits per heavy atom. The molecule has 2 saturated heterocycles. The molecular formula is C28H37N7O2. The third-order valence-electron chi connectivity index (χ3n) is 8.28. The normalized spacial score (nSPS) is 20.3. The van der Waals surface area contributed by atoms with Crippen LogP contribution in [0.2, 0.25) is 0 Å². The third kappa shape index (κ3) is 4.56. The molecule has 9 heteroatoms. The number of benzene rings is 1. The number of carbonyl (C=O) groups is 2. The largest absolute Gasteiger partial charge is 0.355 e. The first-order valence-electron chi connectivity index (χ1n) is 13.2. The number of amides is 2. The molecule has 0 bridgehead atoms. The van der Waals surface area contributed by atoms with Crippen molar-refractivity contribution in [3.63, 3.8) is 0 Å². The Morgan fingerprint density at radius 2 is 1.86 bits per heavy atom. The van der Waals surface area contributed by atoms with Crippen molar-refractivity contribution < 1.29 is 9.59 Å². The van der Waals surface area contributed by atoms with Gasteiger partial charge in [0.2, 0.25) is 11.8 Å². The molecule has 1 aromatic carbocycles. The molecule has 5 rings (SSSR count). The summed E-state index contributed by atoms with van der Waals surface area (Å²) in [5.41, 5.74) is 9.06. The van der Waals surface area contributed by atoms with Crippen LogP contribution >= 0.6 is 0 Å². The second kappa shape index (κ2) is 9.78. The summed E-state index contributed by atoms with van der Waals surface area (Å²) in [6.07, 6.45) is 4.16. The van der Waals surface area contributed by atoms with E-state index < -0.39 is 5.41 Å². The molecular weight excluding hydrogens is 466 g/mol. The number of nitrogens with two attached hydrogens (primary N) is 1. The molecule has 2 aromatic heterocycles. The Labute approximate surface area is 218 Å². The van der Waals surface area contributed by atoms with Crippen molar-refractivity contribution in [1.29, 1.82) is 0 Å². The molecule has 3 aromatic rings. The Morgan fingerprint density at radius 1 is 1.16 bits per heavy atom. The fourth-order valence-corrected chi connectivity index (χ4v) is 5.82. The summed E-state index contributed by atoms with van der Waals surface area (Å²) >= 11 is 0. The number of piperidine rings is 1. The molecule has 196 valence electrons. The van der Waals surface area contributed by atoms with Gasteiger partial charge in [0.1, 0.15) is 5.82 Å². The molecule has 4 heterocycles. The predicted octanol–water partition coefficient (Wildman–Crippen LogP) is 2.67. The topological polar surface area (TPSA) is 100 Å². The molecule has 0 radical (unpaired) electrons. The number of aryl methyl sites for hydroxylation is 1. The number of aromatic nitrogens is 3. The standard InChI is InChI=1S/C28H37N7O2/c1-19-17-35-25(30-26(19)34-13-10-23(29)18-34)16-24(31-35)20(2)32(4)27(37)28(22-8-6-5-7-9-22)11-14-33(15-12-28)21(3)36/h5-9,16-17,20,23H,10-15,18,29H2,1-4H3/t20-,23-/m0/s1. The Kier molecular flexibility index (Phi) is 6.66. The second-order valence-electron chi connectivity index (χ2n) is 10.7. The van der Waals surface area contributed by atoms with E-state index in [0.717, 1.165) is 47.8 Å². The van der Waals surface area contributed by atoms with E-state index in [0.29, 0.717) is 25.9 Å². The smallest absolute Gasteiger partial charge is 0.233 e. The van der Waals surface area contributed by atoms with Gasteiger partial charge in [0, 0.05) is 64.0 Å². The first-order chi connectivity index (χ1) is 17.7. The molecule has 2 aliphatic heterocycles. The van der Waals surface area contributed by atoms with Gasteiger partial charge in [-0.05, 0) is 38.7 Å². The Balaban J connectivity index is 1.42. The maximum Gasteiger partial charge on any atom is 0.233 e. The van der Waals surface area contributed by atoms with Crippen molar-refractivity contribution in [2.45, 2.75) is 57.5 Å². The van der Waals surface area contributed by atoms with Gasteiger partial charge in [-0.15, -0.1) is 0 Å². The summed E-state index contributed by atoms with van der Waals surface area (Å²) in [5.74, 6) is 1.06. The molecule has 2 N–H and O–H groups in total. The van der Waals surface area contributed by atoms with Gasteiger partial charge in [0.05, 0.1) is 17.2 Å². The number of likely N-dealkylation sites (tertiary alicyclic amines) is 1. The molecule has 37 heavy (non-hydrogen) atoms. The first-order valence-corrected chi connectivity index (χ1v) is 13.2. The quantitative estimate of drug-likeness (QED) is 0.575. The molecule has 2 aliphatic rings. The zero-order chi connectivity index (χ0) is 26.3. The minimum Gasteiger partial charge on any atom is -0.355 e. The number of hydrogen-bond donors (Lipinski definition) is 1. The van der Waals surface area contributed by atoms with Crippen LogP contribution in [0.15, 0.2) is 42.6 Å². The molecule has 0 unspecified atom stereocenters. The summed E-state index contributed by atoms with van der Waals surface area (Å²) in [4.78, 5) is 37.0. The van der Waals surface area contributed by atoms with Crippen LogP contribution in [-0.4, -0.2) is 75.5 Å². The van der Waals surface area contributed by atoms with Gasteiger partial charge in [-0.2, -0.15) is 5.10 Å². The first kappa shape index (κ1) is 25.2. The van der Waals surface area contributed by atoms with Crippen LogP contribution in [0.5, 0.6) is 0 Å². The van der Waals surface area contributed by atoms with Crippen molar-refractivity contribution in [1.82, 2.24) is 24.4 Å². The average Bonchev–Trinajstić information content (AvgIpc) is 3.53. The minimum atomic E-state index is -0.675. The zero-order valence-electron chi connectivity index (χ0n) is 22.2. The SMILES string of the molecule is CC(=O)N1CCC(C(=O)N(C)[C@@H](C)c2cc3nc(N4CC[C@H](N)C4)c(C)cn3n2)(c2ccccc2)CC1. The van der Waals surface area contributed by atoms with Gasteiger partial charge in [-0.25, -0.2) is 9.50 Å². The number of rotatable bonds is 5. The lowest BCUT2D eigenvalue weighted by molar-refractivity contribution is -0.143. The molecule has 9 nitrogen and oxygen atoms in total. The van der Waals surface area contributed by atoms with E-state index in [1.807, 2.05) is 73.3 Å². The van der Waals surface area contributed by atoms with Crippen LogP contribution in [0.1, 0.15) is 56.0 Å². The molecule has 0 aliphatic carbocycles. The van der Waals surface area contributed by atoms with Gasteiger partial charge in [0.25, 0.3) is 0 Å². The number of hydrogen-bond acceptors (Lipinski definition) is 6. The third-order valence-corrected chi connectivity index (χ3v) is 8.28. The average molecular weight is 504 g/mol. The zero-order valence-corrected chi connectivity index (χ0v) is 22.2. The highest BCUT2D eigenvalue weighted by Gasteiger charge is 2.45. The molecule has 0 saturated carbocycles. The maximum absolute atomic E-state index is 14.2. The monoisotopic (exact) mass is 503 g/mol. The number of anilines is 1. The number of carbonyl (C=O) groups excluding carboxylic acids is 2. The van der Waals surface area contributed by atoms with Gasteiger partial charge in [-0.1, -0.05) is 30.3 Å². The molecule has 2 fully saturated rings. The van der Waals surface area contributed by atoms with E-state index in [1.54, 1.807) is 11.4 Å².